The van der Waals surface area contributed by atoms with Gasteiger partial charge in [0, 0.05) is 19.5 Å². The third kappa shape index (κ3) is 4.59. The summed E-state index contributed by atoms with van der Waals surface area (Å²) in [5.41, 5.74) is 4.03. The van der Waals surface area contributed by atoms with Gasteiger partial charge < -0.3 is 14.8 Å². The van der Waals surface area contributed by atoms with Gasteiger partial charge in [-0.25, -0.2) is 4.39 Å². The van der Waals surface area contributed by atoms with Gasteiger partial charge in [0.15, 0.2) is 5.78 Å². The number of halogens is 1. The highest BCUT2D eigenvalue weighted by atomic mass is 19.1. The monoisotopic (exact) mass is 543 g/mol. The van der Waals surface area contributed by atoms with Crippen LogP contribution in [-0.2, 0) is 32.9 Å². The van der Waals surface area contributed by atoms with Gasteiger partial charge in [-0.05, 0) is 97.4 Å². The van der Waals surface area contributed by atoms with E-state index in [-0.39, 0.29) is 30.0 Å². The topological polar surface area (TPSA) is 74.6 Å². The first-order valence-electron chi connectivity index (χ1n) is 15.0. The minimum atomic E-state index is -0.530. The van der Waals surface area contributed by atoms with Crippen LogP contribution in [0.1, 0.15) is 61.6 Å². The van der Waals surface area contributed by atoms with Crippen molar-refractivity contribution in [3.8, 4) is 17.2 Å². The third-order valence-electron chi connectivity index (χ3n) is 10.5. The Morgan fingerprint density at radius 3 is 2.50 bits per heavy atom. The van der Waals surface area contributed by atoms with E-state index in [9.17, 15) is 10.1 Å². The Hall–Kier alpha value is -2.63. The number of fused-ring (bicyclic) bond motifs is 5. The molecule has 2 bridgehead atoms. The molecule has 8 rings (SSSR count). The molecule has 0 unspecified atom stereocenters. The molecule has 1 saturated carbocycles. The summed E-state index contributed by atoms with van der Waals surface area (Å²) >= 11 is 0. The number of nitriles is 1. The van der Waals surface area contributed by atoms with E-state index in [0.717, 1.165) is 82.5 Å². The van der Waals surface area contributed by atoms with E-state index in [0.29, 0.717) is 24.1 Å². The van der Waals surface area contributed by atoms with Gasteiger partial charge in [-0.1, -0.05) is 24.3 Å². The van der Waals surface area contributed by atoms with Gasteiger partial charge in [0.25, 0.3) is 0 Å². The molecular weight excluding hydrogens is 505 g/mol. The van der Waals surface area contributed by atoms with Crippen molar-refractivity contribution in [1.29, 1.82) is 5.26 Å². The van der Waals surface area contributed by atoms with Crippen LogP contribution in [0.3, 0.4) is 0 Å². The van der Waals surface area contributed by atoms with Gasteiger partial charge in [-0.15, -0.1) is 0 Å². The fourth-order valence-electron chi connectivity index (χ4n) is 7.71. The lowest BCUT2D eigenvalue weighted by Crippen LogP contribution is -2.60. The lowest BCUT2D eigenvalue weighted by Gasteiger charge is -2.46. The molecule has 2 aromatic carbocycles. The van der Waals surface area contributed by atoms with Crippen molar-refractivity contribution in [2.45, 2.75) is 75.2 Å². The number of hydrogen-bond acceptors (Lipinski definition) is 6. The van der Waals surface area contributed by atoms with Crippen molar-refractivity contribution in [3.63, 3.8) is 0 Å². The van der Waals surface area contributed by atoms with Gasteiger partial charge in [0.2, 0.25) is 0 Å². The van der Waals surface area contributed by atoms with Gasteiger partial charge in [-0.2, -0.15) is 5.26 Å². The number of Topliss-reactive ketones (excluding diaryl/α,β-unsaturated/α-hetero) is 1. The Kier molecular flexibility index (Phi) is 6.79. The fraction of sp³-hybridized carbons (Fsp3) is 0.576. The summed E-state index contributed by atoms with van der Waals surface area (Å²) in [7, 11) is 0. The summed E-state index contributed by atoms with van der Waals surface area (Å²) in [5.74, 6) is -0.0474. The third-order valence-corrected chi connectivity index (χ3v) is 10.5. The van der Waals surface area contributed by atoms with Crippen LogP contribution < -0.4 is 5.32 Å². The largest absolute Gasteiger partial charge is 0.378 e. The first kappa shape index (κ1) is 26.3. The maximum atomic E-state index is 15.4. The molecule has 5 heterocycles. The summed E-state index contributed by atoms with van der Waals surface area (Å²) in [4.78, 5) is 15.7. The van der Waals surface area contributed by atoms with Crippen LogP contribution in [0.4, 0.5) is 4.39 Å². The SMILES string of the molecule is N#C[C@@H](CC(=O)C12CCC(CC1)CN2)Cc1ccc(-c2ccc3c(c2)C2(CCN(C4COC4)CC2)OC3)cc1F. The van der Waals surface area contributed by atoms with Crippen LogP contribution in [0.5, 0.6) is 0 Å². The second-order valence-corrected chi connectivity index (χ2v) is 12.8. The van der Waals surface area contributed by atoms with Crippen LogP contribution in [-0.4, -0.2) is 55.1 Å². The number of likely N-dealkylation sites (tertiary alicyclic amines) is 1. The van der Waals surface area contributed by atoms with Gasteiger partial charge in [0.1, 0.15) is 5.82 Å². The Morgan fingerprint density at radius 2 is 1.85 bits per heavy atom. The van der Waals surface area contributed by atoms with Crippen LogP contribution in [0.25, 0.3) is 11.1 Å². The summed E-state index contributed by atoms with van der Waals surface area (Å²) in [5, 5.41) is 13.3. The van der Waals surface area contributed by atoms with E-state index < -0.39 is 11.5 Å². The summed E-state index contributed by atoms with van der Waals surface area (Å²) in [6.45, 7) is 5.19. The number of carbonyl (C=O) groups excluding carboxylic acids is 1. The lowest BCUT2D eigenvalue weighted by atomic mass is 9.68. The molecule has 0 amide bonds. The van der Waals surface area contributed by atoms with E-state index in [1.165, 1.54) is 11.1 Å². The minimum absolute atomic E-state index is 0.121. The van der Waals surface area contributed by atoms with Crippen molar-refractivity contribution in [2.24, 2.45) is 11.8 Å². The zero-order valence-corrected chi connectivity index (χ0v) is 23.1. The van der Waals surface area contributed by atoms with Crippen LogP contribution in [0.2, 0.25) is 0 Å². The standard InChI is InChI=1S/C33H38FN3O3/c34-30-16-25(1-3-26(30)13-23(17-35)14-31(38)32-7-5-22(6-8-32)18-36-32)24-2-4-27-19-40-33(29(27)15-24)9-11-37(12-10-33)28-20-39-21-28/h1-4,15-16,22-23,28,36H,5-14,18-21H2/t22?,23-,32?/m1/s1. The first-order valence-corrected chi connectivity index (χ1v) is 15.0. The molecule has 210 valence electrons. The summed E-state index contributed by atoms with van der Waals surface area (Å²) in [6, 6.07) is 14.5. The van der Waals surface area contributed by atoms with E-state index in [4.69, 9.17) is 9.47 Å². The molecule has 5 aliphatic heterocycles. The molecule has 40 heavy (non-hydrogen) atoms. The minimum Gasteiger partial charge on any atom is -0.378 e. The quantitative estimate of drug-likeness (QED) is 0.536. The Morgan fingerprint density at radius 1 is 1.10 bits per heavy atom. The zero-order valence-electron chi connectivity index (χ0n) is 23.1. The molecule has 1 N–H and O–H groups in total. The predicted octanol–water partition coefficient (Wildman–Crippen LogP) is 4.89. The number of ether oxygens (including phenoxy) is 2. The molecule has 6 nitrogen and oxygen atoms in total. The first-order chi connectivity index (χ1) is 19.5. The molecular formula is C33H38FN3O3. The zero-order chi connectivity index (χ0) is 27.3. The highest BCUT2D eigenvalue weighted by Crippen LogP contribution is 2.46. The maximum absolute atomic E-state index is 15.4. The highest BCUT2D eigenvalue weighted by molar-refractivity contribution is 5.89. The molecule has 4 saturated heterocycles. The van der Waals surface area contributed by atoms with Gasteiger partial charge in [0.05, 0.1) is 49.0 Å². The number of piperidine rings is 3. The van der Waals surface area contributed by atoms with E-state index >= 15 is 4.39 Å². The van der Waals surface area contributed by atoms with Crippen molar-refractivity contribution in [2.75, 3.05) is 32.8 Å². The van der Waals surface area contributed by atoms with Crippen molar-refractivity contribution in [3.05, 3.63) is 58.9 Å². The second kappa shape index (κ2) is 10.3. The molecule has 2 aromatic rings. The van der Waals surface area contributed by atoms with Crippen molar-refractivity contribution in [1.82, 2.24) is 10.2 Å². The van der Waals surface area contributed by atoms with Crippen molar-refractivity contribution >= 4 is 5.78 Å². The number of hydrogen-bond donors (Lipinski definition) is 1. The normalized spacial score (nSPS) is 28.1. The average Bonchev–Trinajstić information content (AvgIpc) is 3.32. The number of carbonyl (C=O) groups is 1. The number of benzene rings is 2. The van der Waals surface area contributed by atoms with Gasteiger partial charge >= 0.3 is 0 Å². The maximum Gasteiger partial charge on any atom is 0.154 e. The lowest BCUT2D eigenvalue weighted by molar-refractivity contribution is -0.129. The van der Waals surface area contributed by atoms with Crippen molar-refractivity contribution < 1.29 is 18.7 Å². The smallest absolute Gasteiger partial charge is 0.154 e. The molecule has 5 fully saturated rings. The van der Waals surface area contributed by atoms with Gasteiger partial charge in [-0.3, -0.25) is 9.69 Å². The summed E-state index contributed by atoms with van der Waals surface area (Å²) in [6.07, 6.45) is 6.21. The van der Waals surface area contributed by atoms with E-state index in [1.54, 1.807) is 12.1 Å². The number of ketones is 1. The Labute approximate surface area is 235 Å². The predicted molar refractivity (Wildman–Crippen MR) is 149 cm³/mol. The van der Waals surface area contributed by atoms with E-state index in [1.807, 2.05) is 6.07 Å². The number of rotatable bonds is 7. The second-order valence-electron chi connectivity index (χ2n) is 12.8. The fourth-order valence-corrected chi connectivity index (χ4v) is 7.71. The molecule has 1 spiro atoms. The van der Waals surface area contributed by atoms with E-state index in [2.05, 4.69) is 34.5 Å². The number of nitrogens with one attached hydrogen (secondary N) is 1. The number of nitrogens with zero attached hydrogens (tertiary/aromatic N) is 2. The Balaban J connectivity index is 1.05. The van der Waals surface area contributed by atoms with Crippen LogP contribution in [0, 0.1) is 29.0 Å². The summed E-state index contributed by atoms with van der Waals surface area (Å²) < 4.78 is 27.2. The molecule has 0 aromatic heterocycles. The van der Waals surface area contributed by atoms with Crippen LogP contribution >= 0.6 is 0 Å². The molecule has 1 atom stereocenters. The molecule has 1 aliphatic carbocycles. The Bertz CT molecular complexity index is 1320. The van der Waals surface area contributed by atoms with Crippen LogP contribution in [0.15, 0.2) is 36.4 Å². The highest BCUT2D eigenvalue weighted by Gasteiger charge is 2.46. The molecule has 7 heteroatoms. The average molecular weight is 544 g/mol. The molecule has 6 aliphatic rings. The molecule has 0 radical (unpaired) electrons.